The number of hydrogen-bond donors (Lipinski definition) is 1. The first-order chi connectivity index (χ1) is 12.5. The minimum Gasteiger partial charge on any atom is -0.273 e. The zero-order valence-corrected chi connectivity index (χ0v) is 15.5. The van der Waals surface area contributed by atoms with Gasteiger partial charge in [0.1, 0.15) is 5.15 Å². The zero-order chi connectivity index (χ0) is 18.5. The van der Waals surface area contributed by atoms with Crippen molar-refractivity contribution in [1.29, 1.82) is 0 Å². The Morgan fingerprint density at radius 2 is 1.85 bits per heavy atom. The van der Waals surface area contributed by atoms with Crippen molar-refractivity contribution >= 4 is 35.3 Å². The summed E-state index contributed by atoms with van der Waals surface area (Å²) in [5.74, 6) is -0.229. The number of amides is 1. The molecule has 0 saturated carbocycles. The molecule has 2 aromatic carbocycles. The van der Waals surface area contributed by atoms with E-state index in [1.165, 1.54) is 6.21 Å². The Morgan fingerprint density at radius 3 is 2.54 bits per heavy atom. The molecule has 1 heterocycles. The molecule has 0 spiro atoms. The van der Waals surface area contributed by atoms with Gasteiger partial charge in [0.25, 0.3) is 0 Å². The van der Waals surface area contributed by atoms with Gasteiger partial charge in [-0.05, 0) is 36.8 Å². The lowest BCUT2D eigenvalue weighted by Crippen LogP contribution is -2.19. The molecule has 1 amide bonds. The van der Waals surface area contributed by atoms with Gasteiger partial charge in [0, 0.05) is 5.02 Å². The number of nitrogens with one attached hydrogen (secondary N) is 1. The van der Waals surface area contributed by atoms with E-state index in [1.54, 1.807) is 28.9 Å². The van der Waals surface area contributed by atoms with E-state index in [9.17, 15) is 4.79 Å². The third-order valence-corrected chi connectivity index (χ3v) is 4.33. The average Bonchev–Trinajstić information content (AvgIpc) is 2.92. The summed E-state index contributed by atoms with van der Waals surface area (Å²) in [4.78, 5) is 12.0. The molecular weight excluding hydrogens is 371 g/mol. The number of nitrogens with zero attached hydrogens (tertiary/aromatic N) is 3. The Bertz CT molecular complexity index is 934. The number of carbonyl (C=O) groups is 1. The lowest BCUT2D eigenvalue weighted by Gasteiger charge is -2.02. The number of para-hydroxylation sites is 1. The molecule has 5 nitrogen and oxygen atoms in total. The highest BCUT2D eigenvalue weighted by Gasteiger charge is 2.13. The number of benzene rings is 2. The van der Waals surface area contributed by atoms with Crippen LogP contribution in [0.25, 0.3) is 5.69 Å². The van der Waals surface area contributed by atoms with Crippen molar-refractivity contribution in [1.82, 2.24) is 15.2 Å². The van der Waals surface area contributed by atoms with Crippen molar-refractivity contribution in [3.8, 4) is 5.69 Å². The van der Waals surface area contributed by atoms with Gasteiger partial charge in [0.15, 0.2) is 0 Å². The van der Waals surface area contributed by atoms with Crippen molar-refractivity contribution in [2.75, 3.05) is 0 Å². The molecule has 0 fully saturated rings. The number of aryl methyl sites for hydroxylation is 1. The molecule has 0 aliphatic rings. The van der Waals surface area contributed by atoms with E-state index < -0.39 is 0 Å². The third-order valence-electron chi connectivity index (χ3n) is 3.71. The maximum atomic E-state index is 12.0. The van der Waals surface area contributed by atoms with Crippen LogP contribution in [-0.2, 0) is 11.2 Å². The summed E-state index contributed by atoms with van der Waals surface area (Å²) in [6.45, 7) is 1.84. The first-order valence-electron chi connectivity index (χ1n) is 7.91. The number of hydrogen-bond acceptors (Lipinski definition) is 3. The van der Waals surface area contributed by atoms with Crippen molar-refractivity contribution in [2.45, 2.75) is 13.3 Å². The molecule has 0 bridgehead atoms. The lowest BCUT2D eigenvalue weighted by molar-refractivity contribution is -0.120. The summed E-state index contributed by atoms with van der Waals surface area (Å²) < 4.78 is 1.63. The van der Waals surface area contributed by atoms with Crippen molar-refractivity contribution in [3.63, 3.8) is 0 Å². The number of carbonyl (C=O) groups excluding carboxylic acids is 1. The van der Waals surface area contributed by atoms with Gasteiger partial charge in [-0.15, -0.1) is 0 Å². The van der Waals surface area contributed by atoms with Crippen LogP contribution in [0, 0.1) is 6.92 Å². The molecule has 0 radical (unpaired) electrons. The summed E-state index contributed by atoms with van der Waals surface area (Å²) in [6.07, 6.45) is 1.72. The van der Waals surface area contributed by atoms with Crippen LogP contribution in [0.1, 0.15) is 16.8 Å². The van der Waals surface area contributed by atoms with Crippen molar-refractivity contribution in [3.05, 3.63) is 81.6 Å². The Kier molecular flexibility index (Phi) is 5.71. The molecule has 0 saturated heterocycles. The van der Waals surface area contributed by atoms with Gasteiger partial charge in [-0.3, -0.25) is 4.79 Å². The van der Waals surface area contributed by atoms with E-state index >= 15 is 0 Å². The number of halogens is 2. The fourth-order valence-electron chi connectivity index (χ4n) is 2.39. The summed E-state index contributed by atoms with van der Waals surface area (Å²) in [7, 11) is 0. The Balaban J connectivity index is 1.68. The minimum atomic E-state index is -0.229. The molecule has 0 unspecified atom stereocenters. The van der Waals surface area contributed by atoms with Crippen LogP contribution in [-0.4, -0.2) is 21.9 Å². The van der Waals surface area contributed by atoms with E-state index in [1.807, 2.05) is 37.3 Å². The number of aromatic nitrogens is 2. The summed E-state index contributed by atoms with van der Waals surface area (Å²) in [5.41, 5.74) is 5.58. The van der Waals surface area contributed by atoms with Crippen LogP contribution in [0.15, 0.2) is 59.7 Å². The highest BCUT2D eigenvalue weighted by molar-refractivity contribution is 6.32. The van der Waals surface area contributed by atoms with Gasteiger partial charge < -0.3 is 0 Å². The molecule has 1 aromatic heterocycles. The van der Waals surface area contributed by atoms with Crippen LogP contribution in [0.5, 0.6) is 0 Å². The molecular formula is C19H16Cl2N4O. The second kappa shape index (κ2) is 8.17. The molecule has 7 heteroatoms. The minimum absolute atomic E-state index is 0.213. The van der Waals surface area contributed by atoms with Gasteiger partial charge in [-0.1, -0.05) is 53.5 Å². The molecule has 0 atom stereocenters. The highest BCUT2D eigenvalue weighted by Crippen LogP contribution is 2.21. The van der Waals surface area contributed by atoms with E-state index in [-0.39, 0.29) is 12.3 Å². The van der Waals surface area contributed by atoms with Crippen LogP contribution in [0.4, 0.5) is 0 Å². The average molecular weight is 387 g/mol. The van der Waals surface area contributed by atoms with Crippen LogP contribution in [0.2, 0.25) is 10.2 Å². The fraction of sp³-hybridized carbons (Fsp3) is 0.105. The van der Waals surface area contributed by atoms with Gasteiger partial charge in [-0.2, -0.15) is 10.2 Å². The summed E-state index contributed by atoms with van der Waals surface area (Å²) in [6, 6.07) is 16.7. The second-order valence-electron chi connectivity index (χ2n) is 5.63. The van der Waals surface area contributed by atoms with Crippen molar-refractivity contribution in [2.24, 2.45) is 5.10 Å². The molecule has 0 aliphatic carbocycles. The van der Waals surface area contributed by atoms with E-state index in [0.717, 1.165) is 16.9 Å². The van der Waals surface area contributed by atoms with Crippen LogP contribution in [0.3, 0.4) is 0 Å². The molecule has 1 N–H and O–H groups in total. The molecule has 132 valence electrons. The largest absolute Gasteiger partial charge is 0.273 e. The van der Waals surface area contributed by atoms with E-state index in [2.05, 4.69) is 15.6 Å². The van der Waals surface area contributed by atoms with Gasteiger partial charge in [0.05, 0.1) is 29.6 Å². The van der Waals surface area contributed by atoms with E-state index in [4.69, 9.17) is 23.2 Å². The zero-order valence-electron chi connectivity index (χ0n) is 14.0. The third kappa shape index (κ3) is 4.31. The topological polar surface area (TPSA) is 59.3 Å². The molecule has 3 rings (SSSR count). The monoisotopic (exact) mass is 386 g/mol. The van der Waals surface area contributed by atoms with Crippen LogP contribution >= 0.6 is 23.2 Å². The first-order valence-corrected chi connectivity index (χ1v) is 8.67. The SMILES string of the molecule is Cc1nn(-c2ccccc2)c(Cl)c1/C=N\NC(=O)Cc1ccc(Cl)cc1. The Hall–Kier alpha value is -2.63. The number of hydrazone groups is 1. The number of rotatable bonds is 5. The van der Waals surface area contributed by atoms with Gasteiger partial charge >= 0.3 is 0 Å². The maximum Gasteiger partial charge on any atom is 0.244 e. The Labute approximate surface area is 161 Å². The fourth-order valence-corrected chi connectivity index (χ4v) is 2.84. The second-order valence-corrected chi connectivity index (χ2v) is 6.43. The predicted molar refractivity (Wildman–Crippen MR) is 104 cm³/mol. The standard InChI is InChI=1S/C19H16Cl2N4O/c1-13-17(19(21)25(24-13)16-5-3-2-4-6-16)12-22-23-18(26)11-14-7-9-15(20)10-8-14/h2-10,12H,11H2,1H3,(H,23,26)/b22-12-. The normalized spacial score (nSPS) is 11.0. The molecule has 3 aromatic rings. The van der Waals surface area contributed by atoms with E-state index in [0.29, 0.717) is 15.7 Å². The Morgan fingerprint density at radius 1 is 1.15 bits per heavy atom. The summed E-state index contributed by atoms with van der Waals surface area (Å²) >= 11 is 12.2. The predicted octanol–water partition coefficient (Wildman–Crippen LogP) is 4.18. The summed E-state index contributed by atoms with van der Waals surface area (Å²) in [5, 5.41) is 9.48. The van der Waals surface area contributed by atoms with Gasteiger partial charge in [-0.25, -0.2) is 10.1 Å². The smallest absolute Gasteiger partial charge is 0.244 e. The lowest BCUT2D eigenvalue weighted by atomic mass is 10.1. The van der Waals surface area contributed by atoms with Crippen LogP contribution < -0.4 is 5.43 Å². The van der Waals surface area contributed by atoms with Gasteiger partial charge in [0.2, 0.25) is 5.91 Å². The highest BCUT2D eigenvalue weighted by atomic mass is 35.5. The molecule has 0 aliphatic heterocycles. The first kappa shape index (κ1) is 18.2. The quantitative estimate of drug-likeness (QED) is 0.528. The molecule has 26 heavy (non-hydrogen) atoms. The van der Waals surface area contributed by atoms with Crippen molar-refractivity contribution < 1.29 is 4.79 Å². The maximum absolute atomic E-state index is 12.0.